The van der Waals surface area contributed by atoms with Crippen LogP contribution in [0, 0.1) is 0 Å². The van der Waals surface area contributed by atoms with Crippen molar-refractivity contribution in [2.75, 3.05) is 6.54 Å². The van der Waals surface area contributed by atoms with Gasteiger partial charge in [0.15, 0.2) is 0 Å². The molecule has 3 unspecified atom stereocenters. The van der Waals surface area contributed by atoms with Crippen LogP contribution in [0.3, 0.4) is 0 Å². The predicted octanol–water partition coefficient (Wildman–Crippen LogP) is 3.24. The van der Waals surface area contributed by atoms with Gasteiger partial charge < -0.3 is 0 Å². The molecule has 0 spiro atoms. The van der Waals surface area contributed by atoms with Crippen LogP contribution in [-0.2, 0) is 17.7 Å². The zero-order valence-electron chi connectivity index (χ0n) is 11.3. The molecular formula is C18H17NO. The summed E-state index contributed by atoms with van der Waals surface area (Å²) in [7, 11) is 0. The fourth-order valence-electron chi connectivity index (χ4n) is 4.31. The molecule has 1 fully saturated rings. The Morgan fingerprint density at radius 2 is 1.65 bits per heavy atom. The molecule has 0 bridgehead atoms. The van der Waals surface area contributed by atoms with Gasteiger partial charge in [0.05, 0.1) is 12.1 Å². The minimum absolute atomic E-state index is 0.337. The van der Waals surface area contributed by atoms with E-state index in [2.05, 4.69) is 53.6 Å². The molecule has 0 aromatic heterocycles. The topological polar surface area (TPSA) is 12.5 Å². The average molecular weight is 263 g/mol. The second kappa shape index (κ2) is 3.94. The first-order valence-corrected chi connectivity index (χ1v) is 7.51. The van der Waals surface area contributed by atoms with Crippen molar-refractivity contribution in [2.24, 2.45) is 0 Å². The van der Waals surface area contributed by atoms with Crippen LogP contribution in [0.15, 0.2) is 48.5 Å². The zero-order valence-corrected chi connectivity index (χ0v) is 11.3. The van der Waals surface area contributed by atoms with Crippen LogP contribution in [0.25, 0.3) is 0 Å². The number of benzene rings is 2. The van der Waals surface area contributed by atoms with Gasteiger partial charge in [-0.25, -0.2) is 0 Å². The average Bonchev–Trinajstić information content (AvgIpc) is 3.02. The molecule has 2 heteroatoms. The van der Waals surface area contributed by atoms with E-state index in [9.17, 15) is 0 Å². The molecule has 1 aliphatic carbocycles. The standard InChI is InChI=1S/C18H17NO/c1-4-8-15-12(5-1)9-10-19-18(15)17-14-7-3-2-6-13(14)11-16(17)20-19/h1-8,16-18H,9-11H2. The number of hydroxylamine groups is 2. The van der Waals surface area contributed by atoms with Gasteiger partial charge in [0.1, 0.15) is 0 Å². The van der Waals surface area contributed by atoms with E-state index in [1.54, 1.807) is 0 Å². The first kappa shape index (κ1) is 11.1. The van der Waals surface area contributed by atoms with Crippen LogP contribution < -0.4 is 0 Å². The van der Waals surface area contributed by atoms with Gasteiger partial charge >= 0.3 is 0 Å². The monoisotopic (exact) mass is 263 g/mol. The van der Waals surface area contributed by atoms with E-state index in [1.165, 1.54) is 22.3 Å². The van der Waals surface area contributed by atoms with E-state index in [-0.39, 0.29) is 0 Å². The highest BCUT2D eigenvalue weighted by Crippen LogP contribution is 2.53. The molecule has 0 N–H and O–H groups in total. The largest absolute Gasteiger partial charge is 0.294 e. The van der Waals surface area contributed by atoms with Gasteiger partial charge in [-0.3, -0.25) is 4.84 Å². The van der Waals surface area contributed by atoms with Crippen LogP contribution >= 0.6 is 0 Å². The maximum Gasteiger partial charge on any atom is 0.0921 e. The van der Waals surface area contributed by atoms with Gasteiger partial charge in [0.2, 0.25) is 0 Å². The summed E-state index contributed by atoms with van der Waals surface area (Å²) in [5.41, 5.74) is 5.96. The van der Waals surface area contributed by atoms with Crippen molar-refractivity contribution in [3.05, 3.63) is 70.8 Å². The molecule has 0 radical (unpaired) electrons. The summed E-state index contributed by atoms with van der Waals surface area (Å²) in [6, 6.07) is 18.2. The summed E-state index contributed by atoms with van der Waals surface area (Å²) in [5.74, 6) is 0.507. The third-order valence-corrected chi connectivity index (χ3v) is 5.13. The van der Waals surface area contributed by atoms with E-state index < -0.39 is 0 Å². The molecule has 2 aromatic carbocycles. The summed E-state index contributed by atoms with van der Waals surface area (Å²) in [6.07, 6.45) is 2.51. The molecule has 3 aliphatic rings. The summed E-state index contributed by atoms with van der Waals surface area (Å²) in [5, 5.41) is 2.24. The zero-order chi connectivity index (χ0) is 13.1. The Kier molecular flexibility index (Phi) is 2.18. The summed E-state index contributed by atoms with van der Waals surface area (Å²) in [4.78, 5) is 6.26. The number of rotatable bonds is 0. The second-order valence-electron chi connectivity index (χ2n) is 6.11. The molecule has 20 heavy (non-hydrogen) atoms. The maximum absolute atomic E-state index is 6.26. The van der Waals surface area contributed by atoms with Crippen LogP contribution in [0.1, 0.15) is 34.2 Å². The Labute approximate surface area is 118 Å². The third-order valence-electron chi connectivity index (χ3n) is 5.13. The van der Waals surface area contributed by atoms with E-state index >= 15 is 0 Å². The Balaban J connectivity index is 1.67. The minimum Gasteiger partial charge on any atom is -0.294 e. The summed E-state index contributed by atoms with van der Waals surface area (Å²) in [6.45, 7) is 1.02. The van der Waals surface area contributed by atoms with Gasteiger partial charge in [-0.15, -0.1) is 0 Å². The Morgan fingerprint density at radius 3 is 2.55 bits per heavy atom. The number of nitrogens with zero attached hydrogens (tertiary/aromatic N) is 1. The fraction of sp³-hybridized carbons (Fsp3) is 0.333. The fourth-order valence-corrected chi connectivity index (χ4v) is 4.31. The molecule has 2 aromatic rings. The SMILES string of the molecule is c1ccc2c(c1)CC1ON3CCc4ccccc4C3C21. The van der Waals surface area contributed by atoms with Crippen LogP contribution in [0.4, 0.5) is 0 Å². The Hall–Kier alpha value is -1.64. The molecule has 0 saturated carbocycles. The lowest BCUT2D eigenvalue weighted by Crippen LogP contribution is -2.31. The normalized spacial score (nSPS) is 30.5. The van der Waals surface area contributed by atoms with Gasteiger partial charge in [-0.1, -0.05) is 48.5 Å². The second-order valence-corrected chi connectivity index (χ2v) is 6.11. The lowest BCUT2D eigenvalue weighted by Gasteiger charge is -2.32. The van der Waals surface area contributed by atoms with Crippen LogP contribution in [0.2, 0.25) is 0 Å². The third kappa shape index (κ3) is 1.36. The maximum atomic E-state index is 6.26. The highest BCUT2D eigenvalue weighted by Gasteiger charge is 2.50. The molecule has 5 rings (SSSR count). The predicted molar refractivity (Wildman–Crippen MR) is 77.4 cm³/mol. The number of fused-ring (bicyclic) bond motifs is 7. The molecule has 0 amide bonds. The van der Waals surface area contributed by atoms with Crippen molar-refractivity contribution in [2.45, 2.75) is 30.9 Å². The lowest BCUT2D eigenvalue weighted by molar-refractivity contribution is -0.165. The molecule has 2 aliphatic heterocycles. The Morgan fingerprint density at radius 1 is 0.900 bits per heavy atom. The summed E-state index contributed by atoms with van der Waals surface area (Å²) < 4.78 is 0. The van der Waals surface area contributed by atoms with Gasteiger partial charge in [-0.2, -0.15) is 5.06 Å². The smallest absolute Gasteiger partial charge is 0.0921 e. The van der Waals surface area contributed by atoms with E-state index in [1.807, 2.05) is 0 Å². The van der Waals surface area contributed by atoms with Crippen molar-refractivity contribution < 1.29 is 4.84 Å². The minimum atomic E-state index is 0.337. The lowest BCUT2D eigenvalue weighted by atomic mass is 9.83. The van der Waals surface area contributed by atoms with Crippen molar-refractivity contribution in [3.63, 3.8) is 0 Å². The first-order chi connectivity index (χ1) is 9.92. The van der Waals surface area contributed by atoms with Gasteiger partial charge in [0, 0.05) is 18.9 Å². The number of hydrogen-bond donors (Lipinski definition) is 0. The quantitative estimate of drug-likeness (QED) is 0.723. The molecule has 2 heterocycles. The van der Waals surface area contributed by atoms with Gasteiger partial charge in [-0.05, 0) is 28.7 Å². The molecule has 3 atom stereocenters. The summed E-state index contributed by atoms with van der Waals surface area (Å²) >= 11 is 0. The van der Waals surface area contributed by atoms with E-state index in [0.717, 1.165) is 19.4 Å². The molecule has 2 nitrogen and oxygen atoms in total. The van der Waals surface area contributed by atoms with Crippen LogP contribution in [-0.4, -0.2) is 17.7 Å². The molecule has 1 saturated heterocycles. The molecular weight excluding hydrogens is 246 g/mol. The van der Waals surface area contributed by atoms with Gasteiger partial charge in [0.25, 0.3) is 0 Å². The highest BCUT2D eigenvalue weighted by atomic mass is 16.7. The van der Waals surface area contributed by atoms with Crippen molar-refractivity contribution >= 4 is 0 Å². The Bertz CT molecular complexity index is 681. The van der Waals surface area contributed by atoms with Crippen molar-refractivity contribution in [1.29, 1.82) is 0 Å². The number of hydrogen-bond acceptors (Lipinski definition) is 2. The van der Waals surface area contributed by atoms with E-state index in [0.29, 0.717) is 18.1 Å². The van der Waals surface area contributed by atoms with Crippen LogP contribution in [0.5, 0.6) is 0 Å². The van der Waals surface area contributed by atoms with Crippen molar-refractivity contribution in [1.82, 2.24) is 5.06 Å². The molecule has 100 valence electrons. The van der Waals surface area contributed by atoms with Crippen molar-refractivity contribution in [3.8, 4) is 0 Å². The van der Waals surface area contributed by atoms with E-state index in [4.69, 9.17) is 4.84 Å². The first-order valence-electron chi connectivity index (χ1n) is 7.51. The highest BCUT2D eigenvalue weighted by molar-refractivity contribution is 5.44.